The molecular formula is C12H21N3O5. The lowest BCUT2D eigenvalue weighted by atomic mass is 10.2. The summed E-state index contributed by atoms with van der Waals surface area (Å²) < 4.78 is 9.85. The van der Waals surface area contributed by atoms with Crippen molar-refractivity contribution < 1.29 is 23.9 Å². The summed E-state index contributed by atoms with van der Waals surface area (Å²) in [5, 5.41) is 4.78. The number of nitrogens with zero attached hydrogens (tertiary/aromatic N) is 1. The number of hydrogen-bond acceptors (Lipinski definition) is 6. The third-order valence-corrected chi connectivity index (χ3v) is 2.77. The number of urea groups is 1. The Hall–Kier alpha value is -1.67. The van der Waals surface area contributed by atoms with Crippen LogP contribution in [-0.4, -0.2) is 68.8 Å². The van der Waals surface area contributed by atoms with Gasteiger partial charge in [-0.3, -0.25) is 15.0 Å². The highest BCUT2D eigenvalue weighted by Gasteiger charge is 2.28. The third-order valence-electron chi connectivity index (χ3n) is 2.77. The van der Waals surface area contributed by atoms with E-state index in [2.05, 4.69) is 15.4 Å². The Labute approximate surface area is 117 Å². The van der Waals surface area contributed by atoms with E-state index in [0.29, 0.717) is 19.7 Å². The van der Waals surface area contributed by atoms with Gasteiger partial charge in [0.05, 0.1) is 20.3 Å². The van der Waals surface area contributed by atoms with Crippen molar-refractivity contribution in [1.29, 1.82) is 0 Å². The minimum absolute atomic E-state index is 0.0381. The average molecular weight is 287 g/mol. The van der Waals surface area contributed by atoms with Crippen molar-refractivity contribution in [3.63, 3.8) is 0 Å². The predicted octanol–water partition coefficient (Wildman–Crippen LogP) is -0.904. The first-order valence-electron chi connectivity index (χ1n) is 6.56. The number of carbonyl (C=O) groups is 3. The van der Waals surface area contributed by atoms with E-state index in [4.69, 9.17) is 4.74 Å². The van der Waals surface area contributed by atoms with Crippen LogP contribution in [0.25, 0.3) is 0 Å². The lowest BCUT2D eigenvalue weighted by molar-refractivity contribution is -0.160. The number of rotatable bonds is 5. The molecule has 1 heterocycles. The van der Waals surface area contributed by atoms with Crippen LogP contribution in [0.15, 0.2) is 0 Å². The largest absolute Gasteiger partial charge is 0.467 e. The second kappa shape index (κ2) is 8.49. The molecule has 1 fully saturated rings. The molecule has 1 saturated heterocycles. The number of carbonyl (C=O) groups excluding carboxylic acids is 3. The van der Waals surface area contributed by atoms with Crippen molar-refractivity contribution in [3.8, 4) is 0 Å². The van der Waals surface area contributed by atoms with Crippen molar-refractivity contribution in [2.24, 2.45) is 0 Å². The van der Waals surface area contributed by atoms with Crippen LogP contribution in [-0.2, 0) is 19.1 Å². The second-order valence-corrected chi connectivity index (χ2v) is 4.42. The molecule has 1 atom stereocenters. The fourth-order valence-corrected chi connectivity index (χ4v) is 1.77. The number of imide groups is 1. The molecule has 2 N–H and O–H groups in total. The Morgan fingerprint density at radius 1 is 1.40 bits per heavy atom. The molecule has 1 rings (SSSR count). The highest BCUT2D eigenvalue weighted by molar-refractivity contribution is 5.95. The van der Waals surface area contributed by atoms with E-state index in [1.807, 2.05) is 6.92 Å². The molecule has 114 valence electrons. The lowest BCUT2D eigenvalue weighted by Crippen LogP contribution is -2.51. The first-order valence-corrected chi connectivity index (χ1v) is 6.56. The molecule has 0 aromatic rings. The molecule has 1 aliphatic rings. The molecule has 0 radical (unpaired) electrons. The number of hydrogen-bond donors (Lipinski definition) is 2. The van der Waals surface area contributed by atoms with E-state index in [1.165, 1.54) is 7.11 Å². The van der Waals surface area contributed by atoms with Gasteiger partial charge in [0, 0.05) is 19.6 Å². The number of nitrogens with one attached hydrogen (secondary N) is 2. The number of methoxy groups -OCH3 is 1. The van der Waals surface area contributed by atoms with Crippen LogP contribution < -0.4 is 10.6 Å². The zero-order valence-corrected chi connectivity index (χ0v) is 11.8. The van der Waals surface area contributed by atoms with E-state index >= 15 is 0 Å². The molecule has 0 bridgehead atoms. The maximum atomic E-state index is 11.7. The topological polar surface area (TPSA) is 97.0 Å². The van der Waals surface area contributed by atoms with Crippen LogP contribution in [0.2, 0.25) is 0 Å². The van der Waals surface area contributed by atoms with E-state index in [1.54, 1.807) is 4.90 Å². The van der Waals surface area contributed by atoms with Gasteiger partial charge in [-0.2, -0.15) is 0 Å². The number of amides is 3. The fraction of sp³-hybridized carbons (Fsp3) is 0.750. The van der Waals surface area contributed by atoms with Crippen molar-refractivity contribution in [2.75, 3.05) is 39.9 Å². The molecule has 3 amide bonds. The van der Waals surface area contributed by atoms with E-state index in [0.717, 1.165) is 6.42 Å². The van der Waals surface area contributed by atoms with Gasteiger partial charge in [-0.05, 0) is 6.42 Å². The molecule has 0 saturated carbocycles. The highest BCUT2D eigenvalue weighted by Crippen LogP contribution is 2.06. The maximum Gasteiger partial charge on any atom is 0.336 e. The van der Waals surface area contributed by atoms with Gasteiger partial charge < -0.3 is 14.8 Å². The summed E-state index contributed by atoms with van der Waals surface area (Å²) in [4.78, 5) is 36.1. The van der Waals surface area contributed by atoms with Crippen LogP contribution in [0.5, 0.6) is 0 Å². The zero-order valence-electron chi connectivity index (χ0n) is 11.8. The SMILES string of the molecule is CCCNC(=O)NC(=O)CN1CCOC(C(=O)OC)C1. The van der Waals surface area contributed by atoms with Gasteiger partial charge in [-0.1, -0.05) is 6.92 Å². The van der Waals surface area contributed by atoms with Crippen molar-refractivity contribution >= 4 is 17.9 Å². The van der Waals surface area contributed by atoms with Crippen molar-refractivity contribution in [2.45, 2.75) is 19.4 Å². The van der Waals surface area contributed by atoms with Crippen LogP contribution in [0.4, 0.5) is 4.79 Å². The first kappa shape index (κ1) is 16.4. The smallest absolute Gasteiger partial charge is 0.336 e. The molecule has 0 aromatic carbocycles. The molecule has 20 heavy (non-hydrogen) atoms. The predicted molar refractivity (Wildman–Crippen MR) is 70.0 cm³/mol. The summed E-state index contributed by atoms with van der Waals surface area (Å²) in [5.41, 5.74) is 0. The maximum absolute atomic E-state index is 11.7. The fourth-order valence-electron chi connectivity index (χ4n) is 1.77. The van der Waals surface area contributed by atoms with Gasteiger partial charge in [-0.15, -0.1) is 0 Å². The van der Waals surface area contributed by atoms with Crippen LogP contribution >= 0.6 is 0 Å². The minimum Gasteiger partial charge on any atom is -0.467 e. The third kappa shape index (κ3) is 5.54. The number of esters is 1. The summed E-state index contributed by atoms with van der Waals surface area (Å²) in [6, 6.07) is -0.505. The van der Waals surface area contributed by atoms with Gasteiger partial charge in [-0.25, -0.2) is 9.59 Å². The van der Waals surface area contributed by atoms with E-state index in [-0.39, 0.29) is 13.1 Å². The monoisotopic (exact) mass is 287 g/mol. The summed E-state index contributed by atoms with van der Waals surface area (Å²) >= 11 is 0. The summed E-state index contributed by atoms with van der Waals surface area (Å²) in [6.45, 7) is 3.61. The number of morpholine rings is 1. The zero-order chi connectivity index (χ0) is 15.0. The Balaban J connectivity index is 2.34. The molecular weight excluding hydrogens is 266 g/mol. The van der Waals surface area contributed by atoms with Crippen LogP contribution in [0.1, 0.15) is 13.3 Å². The average Bonchev–Trinajstić information content (AvgIpc) is 2.44. The molecule has 8 nitrogen and oxygen atoms in total. The minimum atomic E-state index is -0.685. The van der Waals surface area contributed by atoms with Gasteiger partial charge in [0.2, 0.25) is 5.91 Å². The Morgan fingerprint density at radius 2 is 2.15 bits per heavy atom. The molecule has 0 aromatic heterocycles. The summed E-state index contributed by atoms with van der Waals surface area (Å²) in [6.07, 6.45) is 0.113. The van der Waals surface area contributed by atoms with E-state index in [9.17, 15) is 14.4 Å². The van der Waals surface area contributed by atoms with Crippen LogP contribution in [0, 0.1) is 0 Å². The number of ether oxygens (including phenoxy) is 2. The normalized spacial score (nSPS) is 19.2. The standard InChI is InChI=1S/C12H21N3O5/c1-3-4-13-12(18)14-10(16)8-15-5-6-20-9(7-15)11(17)19-2/h9H,3-8H2,1-2H3,(H2,13,14,16,18). The summed E-state index contributed by atoms with van der Waals surface area (Å²) in [7, 11) is 1.29. The first-order chi connectivity index (χ1) is 9.56. The molecule has 0 aliphatic carbocycles. The van der Waals surface area contributed by atoms with Gasteiger partial charge >= 0.3 is 12.0 Å². The van der Waals surface area contributed by atoms with Crippen molar-refractivity contribution in [1.82, 2.24) is 15.5 Å². The quantitative estimate of drug-likeness (QED) is 0.636. The Kier molecular flexibility index (Phi) is 6.96. The Morgan fingerprint density at radius 3 is 2.80 bits per heavy atom. The summed E-state index contributed by atoms with van der Waals surface area (Å²) in [5.74, 6) is -0.875. The highest BCUT2D eigenvalue weighted by atomic mass is 16.6. The van der Waals surface area contributed by atoms with Gasteiger partial charge in [0.1, 0.15) is 0 Å². The molecule has 0 spiro atoms. The molecule has 1 unspecified atom stereocenters. The lowest BCUT2D eigenvalue weighted by Gasteiger charge is -2.30. The second-order valence-electron chi connectivity index (χ2n) is 4.42. The van der Waals surface area contributed by atoms with Crippen molar-refractivity contribution in [3.05, 3.63) is 0 Å². The van der Waals surface area contributed by atoms with Crippen LogP contribution in [0.3, 0.4) is 0 Å². The Bertz CT molecular complexity index is 361. The van der Waals surface area contributed by atoms with Gasteiger partial charge in [0.25, 0.3) is 0 Å². The molecule has 1 aliphatic heterocycles. The van der Waals surface area contributed by atoms with E-state index < -0.39 is 24.0 Å². The molecule has 8 heteroatoms. The van der Waals surface area contributed by atoms with Gasteiger partial charge in [0.15, 0.2) is 6.10 Å².